The molecular formula is C70H133N5O12. The van der Waals surface area contributed by atoms with Gasteiger partial charge in [0.1, 0.15) is 12.1 Å². The van der Waals surface area contributed by atoms with Crippen LogP contribution in [0.4, 0.5) is 4.79 Å². The number of carboxylic acids is 3. The molecule has 7 N–H and O–H groups in total. The van der Waals surface area contributed by atoms with Crippen LogP contribution in [0.3, 0.4) is 0 Å². The van der Waals surface area contributed by atoms with Crippen LogP contribution in [0, 0.1) is 5.41 Å². The molecule has 0 aromatic carbocycles. The predicted molar refractivity (Wildman–Crippen MR) is 352 cm³/mol. The maximum atomic E-state index is 13.5. The van der Waals surface area contributed by atoms with Crippen LogP contribution < -0.4 is 21.3 Å². The second-order valence-electron chi connectivity index (χ2n) is 26.8. The Bertz CT molecular complexity index is 1770. The van der Waals surface area contributed by atoms with Gasteiger partial charge in [-0.3, -0.25) is 14.4 Å². The number of carbonyl (C=O) groups is 6. The van der Waals surface area contributed by atoms with Gasteiger partial charge in [-0.15, -0.1) is 0 Å². The summed E-state index contributed by atoms with van der Waals surface area (Å²) >= 11 is 0. The van der Waals surface area contributed by atoms with Crippen LogP contribution in [0.25, 0.3) is 0 Å². The van der Waals surface area contributed by atoms with Crippen LogP contribution in [0.2, 0.25) is 0 Å². The van der Waals surface area contributed by atoms with E-state index in [1.807, 2.05) is 13.8 Å². The molecule has 1 saturated heterocycles. The van der Waals surface area contributed by atoms with E-state index in [0.29, 0.717) is 32.4 Å². The number of hydrogen-bond donors (Lipinski definition) is 7. The van der Waals surface area contributed by atoms with Crippen LogP contribution in [0.1, 0.15) is 330 Å². The van der Waals surface area contributed by atoms with Crippen molar-refractivity contribution < 1.29 is 58.3 Å². The van der Waals surface area contributed by atoms with Gasteiger partial charge in [-0.25, -0.2) is 14.4 Å². The average molecular weight is 1240 g/mol. The van der Waals surface area contributed by atoms with E-state index in [0.717, 1.165) is 51.6 Å². The van der Waals surface area contributed by atoms with Gasteiger partial charge in [0.25, 0.3) is 0 Å². The molecule has 17 heteroatoms. The van der Waals surface area contributed by atoms with E-state index in [4.69, 9.17) is 19.3 Å². The number of unbranched alkanes of at least 4 members (excludes halogenated alkanes) is 33. The van der Waals surface area contributed by atoms with E-state index < -0.39 is 59.2 Å². The second-order valence-corrected chi connectivity index (χ2v) is 26.8. The zero-order valence-corrected chi connectivity index (χ0v) is 56.8. The Labute approximate surface area is 530 Å². The fourth-order valence-corrected chi connectivity index (χ4v) is 11.6. The molecule has 0 aliphatic carbocycles. The van der Waals surface area contributed by atoms with Gasteiger partial charge in [0.2, 0.25) is 11.8 Å². The van der Waals surface area contributed by atoms with Gasteiger partial charge in [-0.1, -0.05) is 220 Å². The molecule has 1 aliphatic rings. The van der Waals surface area contributed by atoms with Crippen molar-refractivity contribution in [2.24, 2.45) is 5.41 Å². The molecule has 0 aromatic heterocycles. The lowest BCUT2D eigenvalue weighted by molar-refractivity contribution is -0.180. The summed E-state index contributed by atoms with van der Waals surface area (Å²) in [5.74, 6) is -4.75. The van der Waals surface area contributed by atoms with Crippen LogP contribution in [0.15, 0.2) is 0 Å². The Morgan fingerprint density at radius 1 is 0.540 bits per heavy atom. The van der Waals surface area contributed by atoms with Crippen molar-refractivity contribution in [2.75, 3.05) is 46.4 Å². The summed E-state index contributed by atoms with van der Waals surface area (Å²) in [6, 6.07) is -3.86. The van der Waals surface area contributed by atoms with Gasteiger partial charge in [0, 0.05) is 38.9 Å². The highest BCUT2D eigenvalue weighted by Gasteiger charge is 2.40. The molecule has 1 heterocycles. The molecule has 0 spiro atoms. The smallest absolute Gasteiger partial charge is 0.326 e. The molecule has 0 bridgehead atoms. The second kappa shape index (κ2) is 52.1. The number of ether oxygens (including phenoxy) is 3. The number of aliphatic carboxylic acids is 3. The first-order valence-corrected chi connectivity index (χ1v) is 35.7. The van der Waals surface area contributed by atoms with Crippen LogP contribution in [-0.4, -0.2) is 132 Å². The SMILES string of the molecule is CCCCCCCCCCCCCCCCCCCC1(CCCCCCCCCCCCCCCCC)OCC(CCN(C)CCCCCNC(=O)C(C)(CC)COC(C)(C)CC(=O)NCCCC[C@@H](NC(=O)N[C@H](CCC(=O)O)C(=O)O)C(=O)O)O1. The molecule has 1 rings (SSSR count). The molecule has 3 unspecified atom stereocenters. The lowest BCUT2D eigenvalue weighted by Gasteiger charge is -2.32. The minimum absolute atomic E-state index is 0.0159. The highest BCUT2D eigenvalue weighted by Crippen LogP contribution is 2.36. The lowest BCUT2D eigenvalue weighted by Crippen LogP contribution is -2.51. The molecule has 0 radical (unpaired) electrons. The largest absolute Gasteiger partial charge is 0.481 e. The van der Waals surface area contributed by atoms with Crippen molar-refractivity contribution in [3.8, 4) is 0 Å². The number of urea groups is 1. The predicted octanol–water partition coefficient (Wildman–Crippen LogP) is 16.0. The van der Waals surface area contributed by atoms with Crippen molar-refractivity contribution in [2.45, 2.75) is 360 Å². The summed E-state index contributed by atoms with van der Waals surface area (Å²) < 4.78 is 19.8. The standard InChI is InChI=1S/C70H133N5O12/c1-8-11-13-15-17-19-21-23-25-26-28-30-32-34-36-38-42-51-70(50-41-37-35-33-31-29-27-24-22-20-18-16-14-12-9-2)85-57-59(87-70)49-55-75(7)54-45-39-43-53-72-66(83)69(6,10-3)58-86-68(4,5)56-62(76)71-52-44-40-46-60(64(79)80)73-67(84)74-61(65(81)82)47-48-63(77)78/h59-61H,8-58H2,1-7H3,(H,71,76)(H,72,83)(H,77,78)(H,79,80)(H,81,82)(H2,73,74,84)/t59?,60-,61-,69?,70?/m1/s1. The minimum Gasteiger partial charge on any atom is -0.481 e. The van der Waals surface area contributed by atoms with Gasteiger partial charge in [-0.05, 0) is 98.6 Å². The monoisotopic (exact) mass is 1240 g/mol. The van der Waals surface area contributed by atoms with Gasteiger partial charge >= 0.3 is 23.9 Å². The molecule has 87 heavy (non-hydrogen) atoms. The first-order valence-electron chi connectivity index (χ1n) is 35.7. The highest BCUT2D eigenvalue weighted by molar-refractivity contribution is 5.86. The summed E-state index contributed by atoms with van der Waals surface area (Å²) in [5, 5.41) is 38.0. The van der Waals surface area contributed by atoms with Crippen molar-refractivity contribution in [1.82, 2.24) is 26.2 Å². The number of nitrogens with zero attached hydrogens (tertiary/aromatic N) is 1. The van der Waals surface area contributed by atoms with Crippen LogP contribution in [-0.2, 0) is 38.2 Å². The lowest BCUT2D eigenvalue weighted by atomic mass is 9.87. The molecule has 0 saturated carbocycles. The molecule has 4 amide bonds. The maximum Gasteiger partial charge on any atom is 0.326 e. The molecular weight excluding hydrogens is 1100 g/mol. The first-order chi connectivity index (χ1) is 41.8. The maximum absolute atomic E-state index is 13.5. The van der Waals surface area contributed by atoms with E-state index in [2.05, 4.69) is 47.1 Å². The van der Waals surface area contributed by atoms with Gasteiger partial charge < -0.3 is 55.7 Å². The Morgan fingerprint density at radius 3 is 1.39 bits per heavy atom. The molecule has 5 atom stereocenters. The third-order valence-corrected chi connectivity index (χ3v) is 17.9. The Balaban J connectivity index is 2.44. The number of amides is 4. The Morgan fingerprint density at radius 2 is 0.954 bits per heavy atom. The normalized spacial score (nSPS) is 16.6. The Kier molecular flexibility index (Phi) is 48.8. The van der Waals surface area contributed by atoms with Crippen molar-refractivity contribution >= 4 is 35.8 Å². The van der Waals surface area contributed by atoms with Gasteiger partial charge in [0.15, 0.2) is 5.79 Å². The van der Waals surface area contributed by atoms with E-state index in [1.54, 1.807) is 13.8 Å². The van der Waals surface area contributed by atoms with Gasteiger partial charge in [0.05, 0.1) is 36.8 Å². The molecule has 1 aliphatic heterocycles. The van der Waals surface area contributed by atoms with Crippen LogP contribution >= 0.6 is 0 Å². The molecule has 17 nitrogen and oxygen atoms in total. The quantitative estimate of drug-likeness (QED) is 0.0281. The van der Waals surface area contributed by atoms with Crippen molar-refractivity contribution in [3.63, 3.8) is 0 Å². The number of rotatable bonds is 62. The van der Waals surface area contributed by atoms with E-state index in [-0.39, 0.29) is 50.3 Å². The summed E-state index contributed by atoms with van der Waals surface area (Å²) in [6.07, 6.45) is 50.4. The van der Waals surface area contributed by atoms with Crippen molar-refractivity contribution in [3.05, 3.63) is 0 Å². The fraction of sp³-hybridized carbons (Fsp3) is 0.914. The average Bonchev–Trinajstić information content (AvgIpc) is 4.17. The minimum atomic E-state index is -1.50. The third-order valence-electron chi connectivity index (χ3n) is 17.9. The summed E-state index contributed by atoms with van der Waals surface area (Å²) in [4.78, 5) is 75.0. The van der Waals surface area contributed by atoms with E-state index in [1.165, 1.54) is 205 Å². The molecule has 1 fully saturated rings. The summed E-state index contributed by atoms with van der Waals surface area (Å²) in [5.41, 5.74) is -1.65. The zero-order chi connectivity index (χ0) is 64.3. The summed E-state index contributed by atoms with van der Waals surface area (Å²) in [6.45, 7) is 15.6. The molecule has 0 aromatic rings. The fourth-order valence-electron chi connectivity index (χ4n) is 11.6. The first kappa shape index (κ1) is 81.5. The third kappa shape index (κ3) is 44.6. The van der Waals surface area contributed by atoms with Crippen LogP contribution in [0.5, 0.6) is 0 Å². The number of nitrogens with one attached hydrogen (secondary N) is 4. The highest BCUT2D eigenvalue weighted by atomic mass is 16.7. The number of carboxylic acid groups (broad SMARTS) is 3. The number of hydrogen-bond acceptors (Lipinski definition) is 10. The zero-order valence-electron chi connectivity index (χ0n) is 56.8. The summed E-state index contributed by atoms with van der Waals surface area (Å²) in [7, 11) is 2.19. The van der Waals surface area contributed by atoms with E-state index >= 15 is 0 Å². The topological polar surface area (TPSA) is 242 Å². The molecule has 510 valence electrons. The number of carbonyl (C=O) groups excluding carboxylic acids is 3. The van der Waals surface area contributed by atoms with E-state index in [9.17, 15) is 39.0 Å². The Hall–Kier alpha value is -3.54. The van der Waals surface area contributed by atoms with Crippen molar-refractivity contribution in [1.29, 1.82) is 0 Å². The van der Waals surface area contributed by atoms with Gasteiger partial charge in [-0.2, -0.15) is 0 Å².